The number of anilines is 1. The highest BCUT2D eigenvalue weighted by atomic mass is 32.1. The van der Waals surface area contributed by atoms with Crippen LogP contribution in [-0.2, 0) is 19.3 Å². The molecule has 2 aromatic rings. The van der Waals surface area contributed by atoms with E-state index in [-0.39, 0.29) is 0 Å². The molecule has 0 bridgehead atoms. The van der Waals surface area contributed by atoms with E-state index in [1.54, 1.807) is 7.11 Å². The second-order valence-corrected chi connectivity index (χ2v) is 6.05. The predicted octanol–water partition coefficient (Wildman–Crippen LogP) is 4.35. The number of rotatable bonds is 7. The maximum atomic E-state index is 5.47. The number of methoxy groups -OCH3 is 1. The molecule has 2 aromatic carbocycles. The fraction of sp³-hybridized carbons (Fsp3) is 0.350. The summed E-state index contributed by atoms with van der Waals surface area (Å²) in [6.45, 7) is 5.12. The molecule has 24 heavy (non-hydrogen) atoms. The van der Waals surface area contributed by atoms with Crippen LogP contribution in [0.5, 0.6) is 5.75 Å². The van der Waals surface area contributed by atoms with Crippen molar-refractivity contribution in [3.05, 3.63) is 59.2 Å². The van der Waals surface area contributed by atoms with Crippen LogP contribution in [0.3, 0.4) is 0 Å². The molecule has 3 nitrogen and oxygen atoms in total. The molecule has 0 aliphatic heterocycles. The molecule has 0 saturated carbocycles. The van der Waals surface area contributed by atoms with E-state index in [1.807, 2.05) is 12.1 Å². The molecular weight excluding hydrogens is 316 g/mol. The number of thiocarbonyl (C=S) groups is 1. The van der Waals surface area contributed by atoms with Gasteiger partial charge in [-0.25, -0.2) is 0 Å². The summed E-state index contributed by atoms with van der Waals surface area (Å²) in [5.41, 5.74) is 4.98. The molecule has 4 heteroatoms. The summed E-state index contributed by atoms with van der Waals surface area (Å²) in [6, 6.07) is 14.5. The lowest BCUT2D eigenvalue weighted by molar-refractivity contribution is 0.414. The second-order valence-electron chi connectivity index (χ2n) is 5.64. The van der Waals surface area contributed by atoms with E-state index >= 15 is 0 Å². The van der Waals surface area contributed by atoms with E-state index in [1.165, 1.54) is 16.7 Å². The Balaban J connectivity index is 1.92. The maximum Gasteiger partial charge on any atom is 0.170 e. The minimum absolute atomic E-state index is 0.675. The summed E-state index contributed by atoms with van der Waals surface area (Å²) in [4.78, 5) is 0. The van der Waals surface area contributed by atoms with Gasteiger partial charge in [-0.1, -0.05) is 44.2 Å². The Morgan fingerprint density at radius 1 is 1.04 bits per heavy atom. The molecule has 2 N–H and O–H groups in total. The molecule has 0 spiro atoms. The summed E-state index contributed by atoms with van der Waals surface area (Å²) in [7, 11) is 1.69. The fourth-order valence-electron chi connectivity index (χ4n) is 2.71. The molecular formula is C20H26N2OS. The van der Waals surface area contributed by atoms with E-state index in [2.05, 4.69) is 54.8 Å². The van der Waals surface area contributed by atoms with Crippen LogP contribution in [0, 0.1) is 0 Å². The lowest BCUT2D eigenvalue weighted by atomic mass is 10.0. The van der Waals surface area contributed by atoms with Crippen molar-refractivity contribution < 1.29 is 4.74 Å². The molecule has 0 aliphatic carbocycles. The van der Waals surface area contributed by atoms with Gasteiger partial charge in [-0.3, -0.25) is 0 Å². The Morgan fingerprint density at radius 2 is 1.71 bits per heavy atom. The van der Waals surface area contributed by atoms with Crippen LogP contribution in [0.1, 0.15) is 30.5 Å². The SMILES string of the molecule is CCc1cccc(CC)c1NC(=S)NCCc1cccc(OC)c1. The minimum atomic E-state index is 0.675. The number of hydrogen-bond acceptors (Lipinski definition) is 2. The summed E-state index contributed by atoms with van der Waals surface area (Å²) in [5.74, 6) is 0.887. The van der Waals surface area contributed by atoms with Crippen molar-refractivity contribution >= 4 is 23.0 Å². The van der Waals surface area contributed by atoms with Gasteiger partial charge >= 0.3 is 0 Å². The molecule has 0 radical (unpaired) electrons. The average molecular weight is 343 g/mol. The third kappa shape index (κ3) is 4.96. The first-order valence-electron chi connectivity index (χ1n) is 8.46. The van der Waals surface area contributed by atoms with Crippen molar-refractivity contribution in [3.63, 3.8) is 0 Å². The van der Waals surface area contributed by atoms with Gasteiger partial charge in [0.2, 0.25) is 0 Å². The number of nitrogens with one attached hydrogen (secondary N) is 2. The van der Waals surface area contributed by atoms with E-state index < -0.39 is 0 Å². The van der Waals surface area contributed by atoms with Gasteiger partial charge in [0.05, 0.1) is 7.11 Å². The Hall–Kier alpha value is -2.07. The number of aryl methyl sites for hydroxylation is 2. The highest BCUT2D eigenvalue weighted by molar-refractivity contribution is 7.80. The number of ether oxygens (including phenoxy) is 1. The van der Waals surface area contributed by atoms with Crippen molar-refractivity contribution in [2.75, 3.05) is 19.0 Å². The molecule has 0 aliphatic rings. The zero-order chi connectivity index (χ0) is 17.4. The van der Waals surface area contributed by atoms with Gasteiger partial charge in [0.25, 0.3) is 0 Å². The predicted molar refractivity (Wildman–Crippen MR) is 106 cm³/mol. The molecule has 0 atom stereocenters. The maximum absolute atomic E-state index is 5.47. The first-order valence-corrected chi connectivity index (χ1v) is 8.87. The first kappa shape index (κ1) is 18.3. The zero-order valence-electron chi connectivity index (χ0n) is 14.7. The molecule has 0 saturated heterocycles. The first-order chi connectivity index (χ1) is 11.7. The monoisotopic (exact) mass is 342 g/mol. The van der Waals surface area contributed by atoms with Crippen molar-refractivity contribution in [3.8, 4) is 5.75 Å². The van der Waals surface area contributed by atoms with Crippen molar-refractivity contribution in [2.24, 2.45) is 0 Å². The van der Waals surface area contributed by atoms with Gasteiger partial charge < -0.3 is 15.4 Å². The topological polar surface area (TPSA) is 33.3 Å². The van der Waals surface area contributed by atoms with E-state index in [9.17, 15) is 0 Å². The Bertz CT molecular complexity index is 663. The van der Waals surface area contributed by atoms with Crippen molar-refractivity contribution in [2.45, 2.75) is 33.1 Å². The van der Waals surface area contributed by atoms with E-state index in [4.69, 9.17) is 17.0 Å². The number of benzene rings is 2. The lowest BCUT2D eigenvalue weighted by Gasteiger charge is -2.17. The van der Waals surface area contributed by atoms with Gasteiger partial charge in [-0.15, -0.1) is 0 Å². The largest absolute Gasteiger partial charge is 0.497 e. The van der Waals surface area contributed by atoms with Crippen LogP contribution in [0.25, 0.3) is 0 Å². The Labute approximate surface area is 150 Å². The van der Waals surface area contributed by atoms with Crippen LogP contribution < -0.4 is 15.4 Å². The normalized spacial score (nSPS) is 10.3. The van der Waals surface area contributed by atoms with Crippen LogP contribution in [0.15, 0.2) is 42.5 Å². The molecule has 0 heterocycles. The van der Waals surface area contributed by atoms with E-state index in [0.29, 0.717) is 5.11 Å². The van der Waals surface area contributed by atoms with E-state index in [0.717, 1.165) is 37.2 Å². The number of hydrogen-bond donors (Lipinski definition) is 2. The van der Waals surface area contributed by atoms with Gasteiger partial charge in [-0.2, -0.15) is 0 Å². The molecule has 128 valence electrons. The molecule has 0 unspecified atom stereocenters. The third-order valence-corrected chi connectivity index (χ3v) is 4.32. The molecule has 0 aromatic heterocycles. The summed E-state index contributed by atoms with van der Waals surface area (Å²) >= 11 is 5.47. The summed E-state index contributed by atoms with van der Waals surface area (Å²) < 4.78 is 5.25. The Morgan fingerprint density at radius 3 is 2.33 bits per heavy atom. The highest BCUT2D eigenvalue weighted by Gasteiger charge is 2.07. The van der Waals surface area contributed by atoms with Gasteiger partial charge in [0.1, 0.15) is 5.75 Å². The van der Waals surface area contributed by atoms with Crippen molar-refractivity contribution in [1.29, 1.82) is 0 Å². The smallest absolute Gasteiger partial charge is 0.170 e. The molecule has 2 rings (SSSR count). The average Bonchev–Trinajstić information content (AvgIpc) is 2.62. The van der Waals surface area contributed by atoms with Crippen LogP contribution in [0.2, 0.25) is 0 Å². The number of para-hydroxylation sites is 1. The summed E-state index contributed by atoms with van der Waals surface area (Å²) in [6.07, 6.45) is 2.88. The van der Waals surface area contributed by atoms with Crippen LogP contribution >= 0.6 is 12.2 Å². The zero-order valence-corrected chi connectivity index (χ0v) is 15.5. The van der Waals surface area contributed by atoms with Crippen LogP contribution in [-0.4, -0.2) is 18.8 Å². The molecule has 0 fully saturated rings. The molecule has 0 amide bonds. The van der Waals surface area contributed by atoms with Gasteiger partial charge in [0, 0.05) is 12.2 Å². The fourth-order valence-corrected chi connectivity index (χ4v) is 2.91. The third-order valence-electron chi connectivity index (χ3n) is 4.07. The van der Waals surface area contributed by atoms with Gasteiger partial charge in [0.15, 0.2) is 5.11 Å². The lowest BCUT2D eigenvalue weighted by Crippen LogP contribution is -2.31. The van der Waals surface area contributed by atoms with Gasteiger partial charge in [-0.05, 0) is 60.3 Å². The Kier molecular flexibility index (Phi) is 7.07. The standard InChI is InChI=1S/C20H26N2OS/c1-4-16-9-7-10-17(5-2)19(16)22-20(24)21-13-12-15-8-6-11-18(14-15)23-3/h6-11,14H,4-5,12-13H2,1-3H3,(H2,21,22,24). The quantitative estimate of drug-likeness (QED) is 0.733. The second kappa shape index (κ2) is 9.28. The highest BCUT2D eigenvalue weighted by Crippen LogP contribution is 2.22. The van der Waals surface area contributed by atoms with Crippen LogP contribution in [0.4, 0.5) is 5.69 Å². The minimum Gasteiger partial charge on any atom is -0.497 e. The summed E-state index contributed by atoms with van der Waals surface area (Å²) in [5, 5.41) is 7.36. The van der Waals surface area contributed by atoms with Crippen molar-refractivity contribution in [1.82, 2.24) is 5.32 Å².